The second kappa shape index (κ2) is 10.9. The van der Waals surface area contributed by atoms with Crippen molar-refractivity contribution in [3.63, 3.8) is 0 Å². The molecule has 0 bridgehead atoms. The average Bonchev–Trinajstić information content (AvgIpc) is 2.91. The van der Waals surface area contributed by atoms with Gasteiger partial charge in [-0.1, -0.05) is 48.0 Å². The van der Waals surface area contributed by atoms with Crippen LogP contribution in [0.5, 0.6) is 11.5 Å². The molecule has 0 saturated heterocycles. The highest BCUT2D eigenvalue weighted by atomic mass is 32.2. The number of aliphatic hydroxyl groups excluding tert-OH is 2. The van der Waals surface area contributed by atoms with Crippen LogP contribution in [0.1, 0.15) is 34.2 Å². The van der Waals surface area contributed by atoms with E-state index in [0.717, 1.165) is 27.7 Å². The van der Waals surface area contributed by atoms with Gasteiger partial charge >= 0.3 is 0 Å². The maximum absolute atomic E-state index is 12.2. The first-order valence-electron chi connectivity index (χ1n) is 12.9. The van der Waals surface area contributed by atoms with Gasteiger partial charge in [-0.3, -0.25) is 0 Å². The Kier molecular flexibility index (Phi) is 7.53. The number of rotatable bonds is 7. The summed E-state index contributed by atoms with van der Waals surface area (Å²) in [6.45, 7) is 5.80. The Bertz CT molecular complexity index is 1820. The molecule has 0 aromatic heterocycles. The van der Waals surface area contributed by atoms with E-state index < -0.39 is 16.2 Å². The molecule has 0 spiro atoms. The molecule has 0 fully saturated rings. The third-order valence-corrected chi connectivity index (χ3v) is 7.85. The van der Waals surface area contributed by atoms with Crippen molar-refractivity contribution >= 4 is 33.1 Å². The Morgan fingerprint density at radius 1 is 0.925 bits per heavy atom. The molecule has 7 nitrogen and oxygen atoms in total. The smallest absolute Gasteiger partial charge is 0.137 e. The number of benzene rings is 4. The van der Waals surface area contributed by atoms with E-state index in [-0.39, 0.29) is 17.9 Å². The van der Waals surface area contributed by atoms with Crippen LogP contribution in [0, 0.1) is 20.8 Å². The lowest BCUT2D eigenvalue weighted by atomic mass is 9.92. The van der Waals surface area contributed by atoms with Crippen molar-refractivity contribution in [1.29, 1.82) is 0 Å². The lowest BCUT2D eigenvalue weighted by Crippen LogP contribution is -2.21. The summed E-state index contributed by atoms with van der Waals surface area (Å²) in [6.07, 6.45) is 1.16. The van der Waals surface area contributed by atoms with Crippen LogP contribution in [0.2, 0.25) is 0 Å². The van der Waals surface area contributed by atoms with Gasteiger partial charge in [0.05, 0.1) is 17.6 Å². The number of nitrogens with one attached hydrogen (secondary N) is 1. The van der Waals surface area contributed by atoms with E-state index in [1.54, 1.807) is 24.3 Å². The SMILES string of the molecule is Cc1cc(C)c(Nc2ccc3c(c2)Oc2c/c(=C/CC(O)CO)ccc2=C3c2ccccc2S(=O)(=O)[O-])c(C)c1. The molecule has 5 rings (SSSR count). The van der Waals surface area contributed by atoms with Crippen LogP contribution in [0.3, 0.4) is 0 Å². The Labute approximate surface area is 233 Å². The Morgan fingerprint density at radius 3 is 2.35 bits per heavy atom. The van der Waals surface area contributed by atoms with Gasteiger partial charge in [0.1, 0.15) is 21.6 Å². The Balaban J connectivity index is 1.70. The molecule has 0 amide bonds. The number of fused-ring (bicyclic) bond motifs is 2. The summed E-state index contributed by atoms with van der Waals surface area (Å²) in [4.78, 5) is -0.307. The van der Waals surface area contributed by atoms with Crippen molar-refractivity contribution in [2.24, 2.45) is 0 Å². The molecular weight excluding hydrogens is 526 g/mol. The molecule has 4 aromatic carbocycles. The minimum atomic E-state index is -4.76. The first-order valence-corrected chi connectivity index (χ1v) is 14.3. The summed E-state index contributed by atoms with van der Waals surface area (Å²) < 4.78 is 43.1. The maximum Gasteiger partial charge on any atom is 0.137 e. The van der Waals surface area contributed by atoms with Crippen LogP contribution in [-0.2, 0) is 10.1 Å². The van der Waals surface area contributed by atoms with E-state index in [2.05, 4.69) is 24.4 Å². The summed E-state index contributed by atoms with van der Waals surface area (Å²) in [5.41, 5.74) is 6.68. The van der Waals surface area contributed by atoms with Crippen LogP contribution in [-0.4, -0.2) is 35.9 Å². The molecule has 1 heterocycles. The summed E-state index contributed by atoms with van der Waals surface area (Å²) >= 11 is 0. The minimum Gasteiger partial charge on any atom is -0.744 e. The van der Waals surface area contributed by atoms with Gasteiger partial charge in [0, 0.05) is 39.4 Å². The molecule has 3 N–H and O–H groups in total. The fourth-order valence-electron chi connectivity index (χ4n) is 5.16. The molecule has 4 aromatic rings. The van der Waals surface area contributed by atoms with E-state index >= 15 is 0 Å². The molecule has 1 unspecified atom stereocenters. The molecule has 0 aliphatic carbocycles. The second-order valence-corrected chi connectivity index (χ2v) is 11.4. The standard InChI is InChI=1S/C32H31NO6S/c1-19-14-20(2)32(21(3)15-19)33-23-10-13-26-29(17-23)39-28-16-22(8-11-24(35)18-34)9-12-25(28)31(26)27-6-4-5-7-30(27)40(36,37)38/h4-10,12-17,24,33-35H,11,18H2,1-3H3,(H,36,37,38)/p-1/b22-8+. The third kappa shape index (κ3) is 5.52. The number of hydrogen-bond donors (Lipinski definition) is 3. The van der Waals surface area contributed by atoms with E-state index in [1.807, 2.05) is 44.2 Å². The summed E-state index contributed by atoms with van der Waals surface area (Å²) in [7, 11) is -4.76. The van der Waals surface area contributed by atoms with Gasteiger partial charge < -0.3 is 24.8 Å². The van der Waals surface area contributed by atoms with E-state index in [4.69, 9.17) is 9.84 Å². The van der Waals surface area contributed by atoms with Crippen molar-refractivity contribution in [2.45, 2.75) is 38.2 Å². The summed E-state index contributed by atoms with van der Waals surface area (Å²) in [5.74, 6) is 0.980. The van der Waals surface area contributed by atoms with Gasteiger partial charge in [0.2, 0.25) is 0 Å². The molecule has 1 aliphatic rings. The van der Waals surface area contributed by atoms with Gasteiger partial charge in [-0.05, 0) is 73.9 Å². The largest absolute Gasteiger partial charge is 0.744 e. The van der Waals surface area contributed by atoms with Gasteiger partial charge in [-0.15, -0.1) is 0 Å². The number of anilines is 2. The lowest BCUT2D eigenvalue weighted by molar-refractivity contribution is 0.100. The van der Waals surface area contributed by atoms with Gasteiger partial charge in [0.25, 0.3) is 0 Å². The molecule has 8 heteroatoms. The van der Waals surface area contributed by atoms with E-state index in [1.165, 1.54) is 17.7 Å². The number of ether oxygens (including phenoxy) is 1. The highest BCUT2D eigenvalue weighted by molar-refractivity contribution is 7.85. The molecule has 1 aliphatic heterocycles. The lowest BCUT2D eigenvalue weighted by Gasteiger charge is -2.24. The van der Waals surface area contributed by atoms with Crippen molar-refractivity contribution in [1.82, 2.24) is 0 Å². The van der Waals surface area contributed by atoms with Crippen LogP contribution in [0.25, 0.3) is 11.6 Å². The van der Waals surface area contributed by atoms with Crippen molar-refractivity contribution in [2.75, 3.05) is 11.9 Å². The number of aryl methyl sites for hydroxylation is 3. The summed E-state index contributed by atoms with van der Waals surface area (Å²) in [6, 6.07) is 21.4. The predicted molar refractivity (Wildman–Crippen MR) is 154 cm³/mol. The normalized spacial score (nSPS) is 13.8. The molecule has 0 saturated carbocycles. The van der Waals surface area contributed by atoms with Crippen molar-refractivity contribution < 1.29 is 27.9 Å². The monoisotopic (exact) mass is 556 g/mol. The van der Waals surface area contributed by atoms with Crippen LogP contribution >= 0.6 is 0 Å². The fourth-order valence-corrected chi connectivity index (χ4v) is 5.85. The van der Waals surface area contributed by atoms with Crippen LogP contribution in [0.15, 0.2) is 77.7 Å². The number of aliphatic hydroxyl groups is 2. The zero-order valence-corrected chi connectivity index (χ0v) is 23.2. The van der Waals surface area contributed by atoms with E-state index in [9.17, 15) is 18.1 Å². The van der Waals surface area contributed by atoms with Gasteiger partial charge in [-0.25, -0.2) is 8.42 Å². The second-order valence-electron chi connectivity index (χ2n) is 10.1. The summed E-state index contributed by atoms with van der Waals surface area (Å²) in [5, 5.41) is 23.8. The zero-order valence-electron chi connectivity index (χ0n) is 22.4. The fraction of sp³-hybridized carbons (Fsp3) is 0.188. The van der Waals surface area contributed by atoms with Crippen molar-refractivity contribution in [3.05, 3.63) is 111 Å². The molecule has 206 valence electrons. The first kappa shape index (κ1) is 27.6. The molecule has 1 atom stereocenters. The topological polar surface area (TPSA) is 119 Å². The van der Waals surface area contributed by atoms with Gasteiger partial charge in [0.15, 0.2) is 0 Å². The quantitative estimate of drug-likeness (QED) is 0.258. The maximum atomic E-state index is 12.2. The molecule has 0 radical (unpaired) electrons. The molecular formula is C32H30NO6S-. The highest BCUT2D eigenvalue weighted by Crippen LogP contribution is 2.40. The first-order chi connectivity index (χ1) is 19.0. The predicted octanol–water partition coefficient (Wildman–Crippen LogP) is 4.14. The third-order valence-electron chi connectivity index (χ3n) is 6.95. The van der Waals surface area contributed by atoms with Crippen LogP contribution in [0.4, 0.5) is 11.4 Å². The Morgan fingerprint density at radius 2 is 1.65 bits per heavy atom. The van der Waals surface area contributed by atoms with Crippen LogP contribution < -0.4 is 20.5 Å². The van der Waals surface area contributed by atoms with E-state index in [0.29, 0.717) is 33.4 Å². The molecule has 40 heavy (non-hydrogen) atoms. The zero-order chi connectivity index (χ0) is 28.6. The highest BCUT2D eigenvalue weighted by Gasteiger charge is 2.24. The number of hydrogen-bond acceptors (Lipinski definition) is 7. The van der Waals surface area contributed by atoms with Crippen molar-refractivity contribution in [3.8, 4) is 11.5 Å². The average molecular weight is 557 g/mol. The van der Waals surface area contributed by atoms with Gasteiger partial charge in [-0.2, -0.15) is 0 Å². The minimum absolute atomic E-state index is 0.253. The Hall–Kier alpha value is -3.95.